The number of fused-ring (bicyclic) bond motifs is 1. The molecule has 2 N–H and O–H groups in total. The Bertz CT molecular complexity index is 718. The Hall–Kier alpha value is -1.81. The number of aromatic nitrogens is 2. The summed E-state index contributed by atoms with van der Waals surface area (Å²) >= 11 is 3.48. The van der Waals surface area contributed by atoms with E-state index >= 15 is 0 Å². The lowest BCUT2D eigenvalue weighted by atomic mass is 10.2. The summed E-state index contributed by atoms with van der Waals surface area (Å²) in [5.74, 6) is 0. The largest absolute Gasteiger partial charge is 0.381 e. The summed E-state index contributed by atoms with van der Waals surface area (Å²) in [5.41, 5.74) is 4.55. The summed E-state index contributed by atoms with van der Waals surface area (Å²) in [6.07, 6.45) is 3.81. The average molecular weight is 316 g/mol. The van der Waals surface area contributed by atoms with Gasteiger partial charge in [0.05, 0.1) is 0 Å². The Labute approximate surface area is 120 Å². The predicted octanol–water partition coefficient (Wildman–Crippen LogP) is 4.25. The normalized spacial score (nSPS) is 10.8. The van der Waals surface area contributed by atoms with Crippen molar-refractivity contribution in [3.8, 4) is 0 Å². The van der Waals surface area contributed by atoms with Gasteiger partial charge in [-0.15, -0.1) is 0 Å². The smallest absolute Gasteiger partial charge is 0.137 e. The molecule has 96 valence electrons. The van der Waals surface area contributed by atoms with Gasteiger partial charge in [0, 0.05) is 34.5 Å². The topological polar surface area (TPSA) is 40.7 Å². The van der Waals surface area contributed by atoms with Crippen LogP contribution in [-0.2, 0) is 6.54 Å². The van der Waals surface area contributed by atoms with E-state index in [9.17, 15) is 0 Å². The van der Waals surface area contributed by atoms with Gasteiger partial charge in [-0.3, -0.25) is 0 Å². The third-order valence-corrected chi connectivity index (χ3v) is 3.69. The molecule has 2 heterocycles. The monoisotopic (exact) mass is 315 g/mol. The quantitative estimate of drug-likeness (QED) is 0.758. The predicted molar refractivity (Wildman–Crippen MR) is 82.3 cm³/mol. The highest BCUT2D eigenvalue weighted by atomic mass is 79.9. The van der Waals surface area contributed by atoms with Crippen LogP contribution >= 0.6 is 15.9 Å². The molecule has 3 rings (SSSR count). The highest BCUT2D eigenvalue weighted by Crippen LogP contribution is 2.22. The molecule has 0 aliphatic carbocycles. The molecule has 0 atom stereocenters. The standard InChI is InChI=1S/C15H14BrN3/c1-10-7-12(16)4-5-14(10)18-8-11-9-19-15-13(11)3-2-6-17-15/h2-7,9,18H,8H2,1H3,(H,17,19). The molecule has 0 saturated carbocycles. The van der Waals surface area contributed by atoms with Crippen LogP contribution in [0.5, 0.6) is 0 Å². The van der Waals surface area contributed by atoms with Crippen LogP contribution in [0.1, 0.15) is 11.1 Å². The Morgan fingerprint density at radius 1 is 1.32 bits per heavy atom. The molecule has 3 aromatic rings. The number of hydrogen-bond acceptors (Lipinski definition) is 2. The van der Waals surface area contributed by atoms with E-state index in [0.29, 0.717) is 0 Å². The van der Waals surface area contributed by atoms with Crippen molar-refractivity contribution in [2.75, 3.05) is 5.32 Å². The SMILES string of the molecule is Cc1cc(Br)ccc1NCc1c[nH]c2ncccc12. The van der Waals surface area contributed by atoms with Crippen LogP contribution < -0.4 is 5.32 Å². The lowest BCUT2D eigenvalue weighted by Crippen LogP contribution is -2.00. The van der Waals surface area contributed by atoms with E-state index in [4.69, 9.17) is 0 Å². The zero-order chi connectivity index (χ0) is 13.2. The zero-order valence-corrected chi connectivity index (χ0v) is 12.2. The van der Waals surface area contributed by atoms with Gasteiger partial charge in [0.25, 0.3) is 0 Å². The van der Waals surface area contributed by atoms with Crippen molar-refractivity contribution in [3.05, 3.63) is 58.3 Å². The third-order valence-electron chi connectivity index (χ3n) is 3.19. The first-order chi connectivity index (χ1) is 9.24. The maximum absolute atomic E-state index is 4.30. The molecule has 19 heavy (non-hydrogen) atoms. The first-order valence-corrected chi connectivity index (χ1v) is 6.94. The van der Waals surface area contributed by atoms with Gasteiger partial charge in [-0.2, -0.15) is 0 Å². The number of benzene rings is 1. The van der Waals surface area contributed by atoms with Crippen molar-refractivity contribution in [2.24, 2.45) is 0 Å². The van der Waals surface area contributed by atoms with E-state index in [1.165, 1.54) is 16.5 Å². The molecule has 0 bridgehead atoms. The van der Waals surface area contributed by atoms with Crippen LogP contribution in [0.3, 0.4) is 0 Å². The fourth-order valence-corrected chi connectivity index (χ4v) is 2.65. The Kier molecular flexibility index (Phi) is 3.25. The molecule has 1 aromatic carbocycles. The molecule has 0 unspecified atom stereocenters. The molecule has 4 heteroatoms. The molecular formula is C15H14BrN3. The van der Waals surface area contributed by atoms with Crippen LogP contribution in [0.4, 0.5) is 5.69 Å². The summed E-state index contributed by atoms with van der Waals surface area (Å²) in [5, 5.41) is 4.64. The van der Waals surface area contributed by atoms with Crippen molar-refractivity contribution in [1.82, 2.24) is 9.97 Å². The molecule has 2 aromatic heterocycles. The lowest BCUT2D eigenvalue weighted by Gasteiger charge is -2.09. The van der Waals surface area contributed by atoms with E-state index in [0.717, 1.165) is 22.4 Å². The second-order valence-corrected chi connectivity index (χ2v) is 5.44. The van der Waals surface area contributed by atoms with E-state index in [2.05, 4.69) is 56.3 Å². The average Bonchev–Trinajstić information content (AvgIpc) is 2.81. The molecule has 0 aliphatic rings. The van der Waals surface area contributed by atoms with Crippen LogP contribution in [0.2, 0.25) is 0 Å². The number of anilines is 1. The van der Waals surface area contributed by atoms with Crippen LogP contribution in [0, 0.1) is 6.92 Å². The third kappa shape index (κ3) is 2.49. The number of H-pyrrole nitrogens is 1. The molecule has 0 aliphatic heterocycles. The van der Waals surface area contributed by atoms with Crippen LogP contribution in [0.25, 0.3) is 11.0 Å². The van der Waals surface area contributed by atoms with Gasteiger partial charge in [0.2, 0.25) is 0 Å². The van der Waals surface area contributed by atoms with E-state index in [1.807, 2.05) is 18.3 Å². The Balaban J connectivity index is 1.82. The number of nitrogens with one attached hydrogen (secondary N) is 2. The number of aryl methyl sites for hydroxylation is 1. The van der Waals surface area contributed by atoms with E-state index in [1.54, 1.807) is 6.20 Å². The van der Waals surface area contributed by atoms with Crippen molar-refractivity contribution >= 4 is 32.7 Å². The van der Waals surface area contributed by atoms with Gasteiger partial charge in [0.15, 0.2) is 0 Å². The highest BCUT2D eigenvalue weighted by molar-refractivity contribution is 9.10. The fraction of sp³-hybridized carbons (Fsp3) is 0.133. The number of nitrogens with zero attached hydrogens (tertiary/aromatic N) is 1. The van der Waals surface area contributed by atoms with Crippen molar-refractivity contribution in [3.63, 3.8) is 0 Å². The molecule has 0 amide bonds. The molecule has 0 fully saturated rings. The summed E-state index contributed by atoms with van der Waals surface area (Å²) in [6.45, 7) is 2.89. The Morgan fingerprint density at radius 2 is 2.21 bits per heavy atom. The number of hydrogen-bond donors (Lipinski definition) is 2. The van der Waals surface area contributed by atoms with Crippen LogP contribution in [-0.4, -0.2) is 9.97 Å². The van der Waals surface area contributed by atoms with Crippen molar-refractivity contribution in [2.45, 2.75) is 13.5 Å². The number of aromatic amines is 1. The Morgan fingerprint density at radius 3 is 3.05 bits per heavy atom. The van der Waals surface area contributed by atoms with Gasteiger partial charge in [-0.05, 0) is 48.4 Å². The summed E-state index contributed by atoms with van der Waals surface area (Å²) in [6, 6.07) is 10.3. The minimum Gasteiger partial charge on any atom is -0.381 e. The number of halogens is 1. The zero-order valence-electron chi connectivity index (χ0n) is 10.6. The summed E-state index contributed by atoms with van der Waals surface area (Å²) in [7, 11) is 0. The van der Waals surface area contributed by atoms with Crippen molar-refractivity contribution < 1.29 is 0 Å². The van der Waals surface area contributed by atoms with Gasteiger partial charge < -0.3 is 10.3 Å². The first kappa shape index (κ1) is 12.2. The molecule has 3 nitrogen and oxygen atoms in total. The van der Waals surface area contributed by atoms with Gasteiger partial charge in [-0.25, -0.2) is 4.98 Å². The molecule has 0 saturated heterocycles. The molecule has 0 spiro atoms. The second-order valence-electron chi connectivity index (χ2n) is 4.53. The first-order valence-electron chi connectivity index (χ1n) is 6.15. The van der Waals surface area contributed by atoms with E-state index in [-0.39, 0.29) is 0 Å². The second kappa shape index (κ2) is 5.05. The minimum atomic E-state index is 0.786. The number of rotatable bonds is 3. The molecule has 0 radical (unpaired) electrons. The molecular weight excluding hydrogens is 302 g/mol. The van der Waals surface area contributed by atoms with Crippen molar-refractivity contribution in [1.29, 1.82) is 0 Å². The van der Waals surface area contributed by atoms with Gasteiger partial charge in [-0.1, -0.05) is 15.9 Å². The highest BCUT2D eigenvalue weighted by Gasteiger charge is 2.04. The lowest BCUT2D eigenvalue weighted by molar-refractivity contribution is 1.15. The maximum atomic E-state index is 4.30. The summed E-state index contributed by atoms with van der Waals surface area (Å²) < 4.78 is 1.10. The fourth-order valence-electron chi connectivity index (χ4n) is 2.17. The minimum absolute atomic E-state index is 0.786. The van der Waals surface area contributed by atoms with Crippen LogP contribution in [0.15, 0.2) is 47.2 Å². The maximum Gasteiger partial charge on any atom is 0.137 e. The van der Waals surface area contributed by atoms with Gasteiger partial charge >= 0.3 is 0 Å². The van der Waals surface area contributed by atoms with E-state index < -0.39 is 0 Å². The number of pyridine rings is 1. The van der Waals surface area contributed by atoms with Gasteiger partial charge in [0.1, 0.15) is 5.65 Å². The summed E-state index contributed by atoms with van der Waals surface area (Å²) in [4.78, 5) is 7.49.